The Morgan fingerprint density at radius 3 is 1.51 bits per heavy atom. The molecule has 276 valence electrons. The molecule has 0 aromatic carbocycles. The number of rotatable bonds is 5. The number of halogens is 1. The van der Waals surface area contributed by atoms with Crippen LogP contribution in [0.25, 0.3) is 0 Å². The molecule has 0 saturated carbocycles. The zero-order valence-corrected chi connectivity index (χ0v) is 35.0. The Kier molecular flexibility index (Phi) is 27.8. The topological polar surface area (TPSA) is 157 Å². The molecular formula is C39H48BrN8NaO4. The molecule has 0 bridgehead atoms. The number of hydrogen-bond donors (Lipinski definition) is 3. The van der Waals surface area contributed by atoms with Gasteiger partial charge in [-0.05, 0) is 90.1 Å². The number of aromatic nitrogens is 4. The molecule has 4 N–H and O–H groups in total. The molecule has 53 heavy (non-hydrogen) atoms. The third-order valence-corrected chi connectivity index (χ3v) is 5.35. The van der Waals surface area contributed by atoms with Crippen LogP contribution in [0.4, 0.5) is 32.3 Å². The van der Waals surface area contributed by atoms with Crippen molar-refractivity contribution in [1.29, 1.82) is 0 Å². The Hall–Kier alpha value is -5.10. The first-order valence-electron chi connectivity index (χ1n) is 15.6. The van der Waals surface area contributed by atoms with Crippen LogP contribution >= 0.6 is 15.9 Å². The number of anilines is 4. The first kappa shape index (κ1) is 50.0. The number of alkyl halides is 1. The quantitative estimate of drug-likeness (QED) is 0.146. The van der Waals surface area contributed by atoms with Crippen molar-refractivity contribution >= 4 is 50.9 Å². The number of ether oxygens (including phenoxy) is 2. The van der Waals surface area contributed by atoms with Gasteiger partial charge in [0.25, 0.3) is 0 Å². The number of hydrogen-bond acceptors (Lipinski definition) is 10. The van der Waals surface area contributed by atoms with Crippen molar-refractivity contribution in [3.05, 3.63) is 98.1 Å². The van der Waals surface area contributed by atoms with E-state index in [1.165, 1.54) is 4.90 Å². The summed E-state index contributed by atoms with van der Waals surface area (Å²) in [7, 11) is 0. The maximum atomic E-state index is 11.9. The summed E-state index contributed by atoms with van der Waals surface area (Å²) in [4.78, 5) is 40.0. The zero-order valence-electron chi connectivity index (χ0n) is 32.4. The third-order valence-electron chi connectivity index (χ3n) is 5.02. The molecule has 0 saturated heterocycles. The predicted molar refractivity (Wildman–Crippen MR) is 215 cm³/mol. The van der Waals surface area contributed by atoms with E-state index in [-0.39, 0.29) is 37.5 Å². The number of terminal acetylenes is 3. The van der Waals surface area contributed by atoms with Crippen LogP contribution in [-0.2, 0) is 9.47 Å². The number of nitrogen functional groups attached to an aromatic ring is 1. The van der Waals surface area contributed by atoms with Gasteiger partial charge in [0.05, 0.1) is 24.1 Å². The van der Waals surface area contributed by atoms with Crippen LogP contribution < -0.4 is 50.8 Å². The molecule has 0 fully saturated rings. The van der Waals surface area contributed by atoms with Gasteiger partial charge in [0.2, 0.25) is 0 Å². The molecule has 4 heterocycles. The fraction of sp³-hybridized carbons (Fsp3) is 0.282. The van der Waals surface area contributed by atoms with Crippen LogP contribution in [0.15, 0.2) is 98.1 Å². The van der Waals surface area contributed by atoms with E-state index in [1.54, 1.807) is 86.0 Å². The first-order valence-corrected chi connectivity index (χ1v) is 16.7. The van der Waals surface area contributed by atoms with Gasteiger partial charge in [0.15, 0.2) is 0 Å². The molecule has 0 aliphatic carbocycles. The monoisotopic (exact) mass is 794 g/mol. The van der Waals surface area contributed by atoms with Crippen molar-refractivity contribution in [2.75, 3.05) is 39.7 Å². The maximum absolute atomic E-state index is 11.9. The fourth-order valence-electron chi connectivity index (χ4n) is 3.04. The number of carbonyl (C=O) groups excluding carboxylic acids is 2. The van der Waals surface area contributed by atoms with Crippen LogP contribution in [0.3, 0.4) is 0 Å². The second-order valence-electron chi connectivity index (χ2n) is 11.8. The molecule has 2 amide bonds. The van der Waals surface area contributed by atoms with Crippen molar-refractivity contribution in [3.63, 3.8) is 0 Å². The molecule has 0 atom stereocenters. The van der Waals surface area contributed by atoms with Gasteiger partial charge >= 0.3 is 41.7 Å². The van der Waals surface area contributed by atoms with Gasteiger partial charge in [-0.25, -0.2) is 9.59 Å². The molecule has 0 unspecified atom stereocenters. The Morgan fingerprint density at radius 2 is 1.15 bits per heavy atom. The van der Waals surface area contributed by atoms with Crippen molar-refractivity contribution < 1.29 is 50.0 Å². The Bertz CT molecular complexity index is 1680. The Labute approximate surface area is 346 Å². The van der Waals surface area contributed by atoms with Gasteiger partial charge in [-0.1, -0.05) is 33.7 Å². The van der Waals surface area contributed by atoms with Crippen molar-refractivity contribution in [2.24, 2.45) is 0 Å². The van der Waals surface area contributed by atoms with Crippen molar-refractivity contribution in [3.8, 4) is 37.0 Å². The normalized spacial score (nSPS) is 9.28. The molecule has 14 heteroatoms. The Balaban J connectivity index is -0.000000635. The van der Waals surface area contributed by atoms with E-state index in [2.05, 4.69) is 64.3 Å². The van der Waals surface area contributed by atoms with Crippen LogP contribution in [-0.4, -0.2) is 61.7 Å². The number of nitrogens with one attached hydrogen (secondary N) is 2. The van der Waals surface area contributed by atoms with E-state index in [4.69, 9.17) is 34.5 Å². The van der Waals surface area contributed by atoms with Gasteiger partial charge < -0.3 is 22.0 Å². The smallest absolute Gasteiger partial charge is 1.00 e. The minimum atomic E-state index is -0.545. The average molecular weight is 796 g/mol. The van der Waals surface area contributed by atoms with E-state index in [0.29, 0.717) is 23.2 Å². The average Bonchev–Trinajstić information content (AvgIpc) is 3.10. The molecule has 0 aliphatic heterocycles. The van der Waals surface area contributed by atoms with Gasteiger partial charge in [-0.3, -0.25) is 30.2 Å². The molecule has 4 rings (SSSR count). The zero-order chi connectivity index (χ0) is 39.3. The van der Waals surface area contributed by atoms with Gasteiger partial charge in [-0.15, -0.1) is 19.3 Å². The van der Waals surface area contributed by atoms with E-state index in [9.17, 15) is 9.59 Å². The number of carbonyl (C=O) groups is 2. The number of nitrogens with zero attached hydrogens (tertiary/aromatic N) is 5. The molecule has 4 aromatic rings. The van der Waals surface area contributed by atoms with Gasteiger partial charge in [0.1, 0.15) is 11.2 Å². The molecular weight excluding hydrogens is 747 g/mol. The summed E-state index contributed by atoms with van der Waals surface area (Å²) in [6.45, 7) is 11.6. The minimum absolute atomic E-state index is 0. The third kappa shape index (κ3) is 29.2. The second-order valence-corrected chi connectivity index (χ2v) is 12.3. The van der Waals surface area contributed by atoms with E-state index in [1.807, 2.05) is 53.7 Å². The van der Waals surface area contributed by atoms with Crippen LogP contribution in [0.2, 0.25) is 0 Å². The summed E-state index contributed by atoms with van der Waals surface area (Å²) in [5.41, 5.74) is 7.41. The maximum Gasteiger partial charge on any atom is 1.00 e. The van der Waals surface area contributed by atoms with Crippen LogP contribution in [0.5, 0.6) is 0 Å². The summed E-state index contributed by atoms with van der Waals surface area (Å²) in [6, 6.07) is 14.1. The number of nitrogens with two attached hydrogens (primary N) is 1. The van der Waals surface area contributed by atoms with Gasteiger partial charge in [-0.2, -0.15) is 0 Å². The number of amides is 2. The molecule has 0 radical (unpaired) electrons. The largest absolute Gasteiger partial charge is 1.00 e. The van der Waals surface area contributed by atoms with Crippen molar-refractivity contribution in [1.82, 2.24) is 19.9 Å². The van der Waals surface area contributed by atoms with Crippen LogP contribution in [0.1, 0.15) is 43.0 Å². The fourth-order valence-corrected chi connectivity index (χ4v) is 3.04. The summed E-state index contributed by atoms with van der Waals surface area (Å²) in [5.74, 6) is 7.27. The standard InChI is InChI=1S/C13H16N2O2.C10H14N2O2.C8H8N2.C5H6N2.C3H3Br.Na.H/c1-5-10-15(11-6-8-14-9-7-11)12(16)17-13(2,3)4;1-10(2,3)14-9(13)12-8-4-6-11-7-5-8;1-2-5-10-8-3-6-9-7-4-8;6-5-1-3-7-4-2-5;1-2-3-4;;/h1,6-9H,10H2,2-4H3;4-7H,1-3H3,(H,11,12,13);1,3-4,6-7H,5H2,(H,9,10);1-4H,(H2,6,7);1H,3H2;;/q;;;;;+1;-1. The molecule has 12 nitrogen and oxygen atoms in total. The van der Waals surface area contributed by atoms with Crippen molar-refractivity contribution in [2.45, 2.75) is 52.7 Å². The minimum Gasteiger partial charge on any atom is -1.00 e. The summed E-state index contributed by atoms with van der Waals surface area (Å²) >= 11 is 3.01. The SMILES string of the molecule is C#CCBr.C#CCN(C(=O)OC(C)(C)C)c1ccncc1.C#CCNc1ccncc1.CC(C)(C)OC(=O)Nc1ccncc1.Nc1ccncc1.[H-].[Na+]. The first-order chi connectivity index (χ1) is 24.6. The van der Waals surface area contributed by atoms with E-state index in [0.717, 1.165) is 11.4 Å². The van der Waals surface area contributed by atoms with Gasteiger partial charge in [0, 0.05) is 66.6 Å². The Morgan fingerprint density at radius 1 is 0.736 bits per heavy atom. The summed E-state index contributed by atoms with van der Waals surface area (Å²) in [6.07, 6.45) is 27.3. The summed E-state index contributed by atoms with van der Waals surface area (Å²) < 4.78 is 10.3. The van der Waals surface area contributed by atoms with E-state index >= 15 is 0 Å². The molecule has 4 aromatic heterocycles. The second kappa shape index (κ2) is 29.5. The molecule has 0 aliphatic rings. The summed E-state index contributed by atoms with van der Waals surface area (Å²) in [5, 5.41) is 6.28. The van der Waals surface area contributed by atoms with E-state index < -0.39 is 23.4 Å². The number of pyridine rings is 4. The predicted octanol–water partition coefficient (Wildman–Crippen LogP) is 4.81. The van der Waals surface area contributed by atoms with Crippen LogP contribution in [0, 0.1) is 37.0 Å². The molecule has 0 spiro atoms.